The Hall–Kier alpha value is -3.92. The van der Waals surface area contributed by atoms with Crippen molar-refractivity contribution >= 4 is 5.82 Å². The fraction of sp³-hybridized carbons (Fsp3) is 0.182. The van der Waals surface area contributed by atoms with E-state index in [0.717, 1.165) is 29.0 Å². The number of nitriles is 1. The molecule has 0 bridgehead atoms. The summed E-state index contributed by atoms with van der Waals surface area (Å²) in [6.45, 7) is 0.876. The predicted octanol–water partition coefficient (Wildman–Crippen LogP) is 2.76. The van der Waals surface area contributed by atoms with Gasteiger partial charge in [0.05, 0.1) is 13.7 Å². The van der Waals surface area contributed by atoms with Crippen molar-refractivity contribution in [1.29, 1.82) is 5.26 Å². The summed E-state index contributed by atoms with van der Waals surface area (Å²) in [5.41, 5.74) is 11.2. The van der Waals surface area contributed by atoms with Crippen LogP contribution in [-0.4, -0.2) is 19.0 Å². The fourth-order valence-corrected chi connectivity index (χ4v) is 4.02. The molecule has 0 fully saturated rings. The molecule has 0 aliphatic carbocycles. The number of hydrogen-bond donors (Lipinski definition) is 2. The van der Waals surface area contributed by atoms with Crippen molar-refractivity contribution in [3.8, 4) is 51.5 Å². The lowest BCUT2D eigenvalue weighted by atomic mass is 9.92. The Labute approximate surface area is 167 Å². The average molecular weight is 388 g/mol. The molecule has 0 radical (unpaired) electrons. The number of hydrogen-bond acceptors (Lipinski definition) is 6. The van der Waals surface area contributed by atoms with E-state index in [0.29, 0.717) is 40.6 Å². The number of rotatable bonds is 2. The molecule has 2 aliphatic heterocycles. The van der Waals surface area contributed by atoms with Crippen molar-refractivity contribution in [2.24, 2.45) is 0 Å². The number of aryl methyl sites for hydroxylation is 1. The molecule has 2 aliphatic rings. The lowest BCUT2D eigenvalue weighted by molar-refractivity contribution is -0.673. The summed E-state index contributed by atoms with van der Waals surface area (Å²) >= 11 is 0. The van der Waals surface area contributed by atoms with Crippen LogP contribution in [0.1, 0.15) is 11.1 Å². The number of nitrogen functional groups attached to an aromatic ring is 1. The third-order valence-electron chi connectivity index (χ3n) is 5.47. The van der Waals surface area contributed by atoms with Crippen molar-refractivity contribution in [1.82, 2.24) is 0 Å². The smallest absolute Gasteiger partial charge is 0.291 e. The minimum Gasteiger partial charge on any atom is -0.504 e. The van der Waals surface area contributed by atoms with E-state index in [9.17, 15) is 10.4 Å². The van der Waals surface area contributed by atoms with E-state index in [1.165, 1.54) is 7.11 Å². The largest absolute Gasteiger partial charge is 0.504 e. The summed E-state index contributed by atoms with van der Waals surface area (Å²) in [6.07, 6.45) is 0.779. The highest BCUT2D eigenvalue weighted by molar-refractivity contribution is 5.80. The second-order valence-corrected chi connectivity index (χ2v) is 6.97. The molecule has 2 aromatic carbocycles. The van der Waals surface area contributed by atoms with Gasteiger partial charge in [0.2, 0.25) is 6.79 Å². The van der Waals surface area contributed by atoms with Crippen LogP contribution in [0.5, 0.6) is 23.0 Å². The summed E-state index contributed by atoms with van der Waals surface area (Å²) in [6, 6.07) is 13.2. The maximum Gasteiger partial charge on any atom is 0.291 e. The minimum atomic E-state index is 0.00148. The van der Waals surface area contributed by atoms with Gasteiger partial charge in [-0.05, 0) is 41.5 Å². The quantitative estimate of drug-likeness (QED) is 0.655. The molecule has 0 saturated carbocycles. The second-order valence-electron chi connectivity index (χ2n) is 6.97. The first-order chi connectivity index (χ1) is 14.1. The summed E-state index contributed by atoms with van der Waals surface area (Å²) < 4.78 is 18.1. The highest BCUT2D eigenvalue weighted by Gasteiger charge is 2.30. The van der Waals surface area contributed by atoms with Gasteiger partial charge in [-0.3, -0.25) is 5.73 Å². The molecule has 144 valence electrons. The number of ether oxygens (including phenoxy) is 3. The maximum absolute atomic E-state index is 10.2. The van der Waals surface area contributed by atoms with E-state index >= 15 is 0 Å². The number of nitrogens with zero attached hydrogens (tertiary/aromatic N) is 2. The Kier molecular flexibility index (Phi) is 3.74. The van der Waals surface area contributed by atoms with Gasteiger partial charge in [0, 0.05) is 17.5 Å². The fourth-order valence-electron chi connectivity index (χ4n) is 4.02. The van der Waals surface area contributed by atoms with Gasteiger partial charge in [-0.2, -0.15) is 5.26 Å². The first-order valence-electron chi connectivity index (χ1n) is 9.17. The molecule has 29 heavy (non-hydrogen) atoms. The van der Waals surface area contributed by atoms with Crippen LogP contribution in [-0.2, 0) is 13.0 Å². The molecule has 0 atom stereocenters. The summed E-state index contributed by atoms with van der Waals surface area (Å²) in [4.78, 5) is 0. The zero-order valence-corrected chi connectivity index (χ0v) is 15.7. The summed E-state index contributed by atoms with van der Waals surface area (Å²) in [7, 11) is 1.49. The molecular formula is C22H18N3O4+. The van der Waals surface area contributed by atoms with Gasteiger partial charge in [-0.25, -0.2) is 4.57 Å². The van der Waals surface area contributed by atoms with Crippen molar-refractivity contribution in [3.05, 3.63) is 47.5 Å². The number of benzene rings is 2. The first kappa shape index (κ1) is 17.2. The number of fused-ring (bicyclic) bond motifs is 4. The second kappa shape index (κ2) is 6.31. The van der Waals surface area contributed by atoms with Gasteiger partial charge in [-0.15, -0.1) is 0 Å². The van der Waals surface area contributed by atoms with Gasteiger partial charge in [-0.1, -0.05) is 6.07 Å². The summed E-state index contributed by atoms with van der Waals surface area (Å²) in [5, 5.41) is 20.0. The molecule has 5 rings (SSSR count). The summed E-state index contributed by atoms with van der Waals surface area (Å²) in [5.74, 6) is 2.22. The maximum atomic E-state index is 10.2. The topological polar surface area (TPSA) is 102 Å². The van der Waals surface area contributed by atoms with Gasteiger partial charge in [0.25, 0.3) is 5.82 Å². The Morgan fingerprint density at radius 3 is 2.66 bits per heavy atom. The van der Waals surface area contributed by atoms with E-state index in [-0.39, 0.29) is 12.5 Å². The molecule has 1 aromatic heterocycles. The van der Waals surface area contributed by atoms with Crippen LogP contribution < -0.4 is 24.5 Å². The van der Waals surface area contributed by atoms with Crippen LogP contribution >= 0.6 is 0 Å². The van der Waals surface area contributed by atoms with Crippen LogP contribution in [0, 0.1) is 11.3 Å². The van der Waals surface area contributed by atoms with E-state index in [1.54, 1.807) is 18.2 Å². The molecule has 3 N–H and O–H groups in total. The predicted molar refractivity (Wildman–Crippen MR) is 105 cm³/mol. The van der Waals surface area contributed by atoms with Crippen LogP contribution in [0.2, 0.25) is 0 Å². The van der Waals surface area contributed by atoms with Crippen LogP contribution in [0.3, 0.4) is 0 Å². The molecule has 7 heteroatoms. The van der Waals surface area contributed by atoms with Crippen molar-refractivity contribution in [2.75, 3.05) is 19.6 Å². The van der Waals surface area contributed by atoms with Crippen LogP contribution in [0.15, 0.2) is 36.4 Å². The monoisotopic (exact) mass is 388 g/mol. The zero-order chi connectivity index (χ0) is 20.1. The van der Waals surface area contributed by atoms with E-state index in [2.05, 4.69) is 6.07 Å². The van der Waals surface area contributed by atoms with Crippen LogP contribution in [0.25, 0.3) is 22.4 Å². The number of aromatic hydroxyl groups is 1. The van der Waals surface area contributed by atoms with E-state index < -0.39 is 0 Å². The first-order valence-corrected chi connectivity index (χ1v) is 9.17. The van der Waals surface area contributed by atoms with Crippen LogP contribution in [0.4, 0.5) is 5.82 Å². The third kappa shape index (κ3) is 2.53. The number of aromatic nitrogens is 1. The number of phenolic OH excluding ortho intramolecular Hbond substituents is 1. The van der Waals surface area contributed by atoms with Crippen molar-refractivity contribution in [2.45, 2.75) is 13.0 Å². The molecule has 0 saturated heterocycles. The van der Waals surface area contributed by atoms with Gasteiger partial charge >= 0.3 is 0 Å². The van der Waals surface area contributed by atoms with Crippen molar-refractivity contribution < 1.29 is 23.9 Å². The molecular weight excluding hydrogens is 370 g/mol. The number of nitrogens with two attached hydrogens (primary N) is 1. The standard InChI is InChI=1S/C22H17N3O4/c1-27-19-3-2-12(6-18(19)26)14-8-17-15-9-21-20(28-11-29-21)7-13(15)4-5-25(17)22(24)16(14)10-23/h2-3,6-9,24,26H,4-5,11H2,1H3/p+1. The molecule has 7 nitrogen and oxygen atoms in total. The number of anilines is 1. The number of pyridine rings is 1. The Bertz CT molecular complexity index is 1210. The van der Waals surface area contributed by atoms with Crippen molar-refractivity contribution in [3.63, 3.8) is 0 Å². The Morgan fingerprint density at radius 2 is 1.93 bits per heavy atom. The van der Waals surface area contributed by atoms with E-state index in [1.807, 2.05) is 22.8 Å². The number of phenols is 1. The lowest BCUT2D eigenvalue weighted by Gasteiger charge is -2.21. The molecule has 3 aromatic rings. The molecule has 0 spiro atoms. The normalized spacial score (nSPS) is 13.4. The Balaban J connectivity index is 1.75. The minimum absolute atomic E-state index is 0.00148. The third-order valence-corrected chi connectivity index (χ3v) is 5.47. The van der Waals surface area contributed by atoms with Gasteiger partial charge in [0.1, 0.15) is 17.3 Å². The number of methoxy groups -OCH3 is 1. The highest BCUT2D eigenvalue weighted by atomic mass is 16.7. The van der Waals surface area contributed by atoms with Gasteiger partial charge in [0.15, 0.2) is 23.0 Å². The van der Waals surface area contributed by atoms with Gasteiger partial charge < -0.3 is 19.3 Å². The average Bonchev–Trinajstić information content (AvgIpc) is 3.19. The SMILES string of the molecule is COc1ccc(-c2cc3[n+](c(N)c2C#N)CCc2cc4c(cc2-3)OCO4)cc1O. The lowest BCUT2D eigenvalue weighted by Crippen LogP contribution is -2.43. The zero-order valence-electron chi connectivity index (χ0n) is 15.7. The highest BCUT2D eigenvalue weighted by Crippen LogP contribution is 2.42. The molecule has 0 amide bonds. The van der Waals surface area contributed by atoms with E-state index in [4.69, 9.17) is 19.9 Å². The molecule has 0 unspecified atom stereocenters. The molecule has 3 heterocycles. The Morgan fingerprint density at radius 1 is 1.14 bits per heavy atom.